The highest BCUT2D eigenvalue weighted by Crippen LogP contribution is 2.49. The molecule has 13 heavy (non-hydrogen) atoms. The second-order valence-electron chi connectivity index (χ2n) is 3.54. The third kappa shape index (κ3) is 1.43. The van der Waals surface area contributed by atoms with Crippen LogP contribution >= 0.6 is 34.8 Å². The summed E-state index contributed by atoms with van der Waals surface area (Å²) in [5.74, 6) is -0.794. The lowest BCUT2D eigenvalue weighted by Crippen LogP contribution is -2.39. The van der Waals surface area contributed by atoms with Crippen molar-refractivity contribution in [1.82, 2.24) is 0 Å². The Balaban J connectivity index is 2.28. The van der Waals surface area contributed by atoms with Gasteiger partial charge < -0.3 is 4.74 Å². The molecule has 0 aromatic rings. The molecule has 1 heterocycles. The van der Waals surface area contributed by atoms with Crippen LogP contribution < -0.4 is 0 Å². The summed E-state index contributed by atoms with van der Waals surface area (Å²) < 4.78 is 3.63. The lowest BCUT2D eigenvalue weighted by atomic mass is 9.85. The zero-order chi connectivity index (χ0) is 9.64. The summed E-state index contributed by atoms with van der Waals surface area (Å²) in [7, 11) is 0. The topological polar surface area (TPSA) is 26.3 Å². The molecule has 0 spiro atoms. The van der Waals surface area contributed by atoms with Crippen molar-refractivity contribution in [3.63, 3.8) is 0 Å². The number of halogens is 3. The molecule has 1 aliphatic carbocycles. The fraction of sp³-hybridized carbons (Fsp3) is 0.875. The van der Waals surface area contributed by atoms with Gasteiger partial charge in [0, 0.05) is 5.38 Å². The Morgan fingerprint density at radius 2 is 2.08 bits per heavy atom. The van der Waals surface area contributed by atoms with Crippen LogP contribution in [0, 0.1) is 5.92 Å². The molecular weight excluding hydrogens is 234 g/mol. The Bertz CT molecular complexity index is 242. The fourth-order valence-electron chi connectivity index (χ4n) is 2.05. The maximum absolute atomic E-state index is 11.3. The van der Waals surface area contributed by atoms with Gasteiger partial charge in [-0.15, -0.1) is 11.6 Å². The molecule has 0 aromatic heterocycles. The average molecular weight is 244 g/mol. The Kier molecular flexibility index (Phi) is 2.42. The highest BCUT2D eigenvalue weighted by Gasteiger charge is 2.59. The van der Waals surface area contributed by atoms with Crippen LogP contribution in [0.1, 0.15) is 19.3 Å². The first kappa shape index (κ1) is 9.88. The maximum Gasteiger partial charge on any atom is 0.343 e. The van der Waals surface area contributed by atoms with Crippen molar-refractivity contribution in [3.8, 4) is 0 Å². The van der Waals surface area contributed by atoms with E-state index >= 15 is 0 Å². The van der Waals surface area contributed by atoms with E-state index in [1.54, 1.807) is 0 Å². The van der Waals surface area contributed by atoms with E-state index in [0.29, 0.717) is 0 Å². The zero-order valence-electron chi connectivity index (χ0n) is 6.80. The summed E-state index contributed by atoms with van der Waals surface area (Å²) in [4.78, 5) is 11.3. The van der Waals surface area contributed by atoms with Crippen molar-refractivity contribution in [1.29, 1.82) is 0 Å². The first-order valence-electron chi connectivity index (χ1n) is 4.26. The van der Waals surface area contributed by atoms with E-state index in [1.165, 1.54) is 0 Å². The molecule has 0 aromatic carbocycles. The molecular formula is C8H9Cl3O2. The number of alkyl halides is 3. The molecule has 0 amide bonds. The number of ether oxygens (including phenoxy) is 1. The SMILES string of the molecule is O=C1O[C@H]2CCC[C@H](Cl)[C@H]2C1(Cl)Cl. The van der Waals surface area contributed by atoms with E-state index in [4.69, 9.17) is 39.5 Å². The molecule has 0 bridgehead atoms. The van der Waals surface area contributed by atoms with Gasteiger partial charge in [0.1, 0.15) is 6.10 Å². The third-order valence-corrected chi connectivity index (χ3v) is 4.01. The van der Waals surface area contributed by atoms with Crippen LogP contribution in [0.2, 0.25) is 0 Å². The van der Waals surface area contributed by atoms with Gasteiger partial charge in [-0.1, -0.05) is 23.2 Å². The number of esters is 1. The monoisotopic (exact) mass is 242 g/mol. The minimum Gasteiger partial charge on any atom is -0.460 e. The van der Waals surface area contributed by atoms with E-state index < -0.39 is 10.3 Å². The molecule has 5 heteroatoms. The van der Waals surface area contributed by atoms with Gasteiger partial charge in [-0.2, -0.15) is 0 Å². The summed E-state index contributed by atoms with van der Waals surface area (Å²) in [5, 5.41) is -0.153. The second-order valence-corrected chi connectivity index (χ2v) is 5.49. The molecule has 1 aliphatic heterocycles. The van der Waals surface area contributed by atoms with Gasteiger partial charge in [0.2, 0.25) is 4.33 Å². The van der Waals surface area contributed by atoms with Crippen LogP contribution in [0.3, 0.4) is 0 Å². The van der Waals surface area contributed by atoms with Crippen LogP contribution in [0.4, 0.5) is 0 Å². The molecule has 2 nitrogen and oxygen atoms in total. The normalized spacial score (nSPS) is 42.7. The molecule has 74 valence electrons. The third-order valence-electron chi connectivity index (χ3n) is 2.71. The molecule has 0 radical (unpaired) electrons. The molecule has 1 saturated heterocycles. The molecule has 3 atom stereocenters. The Morgan fingerprint density at radius 1 is 1.38 bits per heavy atom. The highest BCUT2D eigenvalue weighted by atomic mass is 35.5. The number of carbonyl (C=O) groups excluding carboxylic acids is 1. The summed E-state index contributed by atoms with van der Waals surface area (Å²) in [6, 6.07) is 0. The predicted octanol–water partition coefficient (Wildman–Crippen LogP) is 2.49. The van der Waals surface area contributed by atoms with Crippen LogP contribution in [0.25, 0.3) is 0 Å². The van der Waals surface area contributed by atoms with Crippen LogP contribution in [-0.4, -0.2) is 21.8 Å². The van der Waals surface area contributed by atoms with Gasteiger partial charge in [0.25, 0.3) is 0 Å². The Labute approximate surface area is 91.5 Å². The minimum absolute atomic E-state index is 0.153. The first-order valence-corrected chi connectivity index (χ1v) is 5.45. The van der Waals surface area contributed by atoms with Crippen LogP contribution in [0.15, 0.2) is 0 Å². The Hall–Kier alpha value is 0.340. The smallest absolute Gasteiger partial charge is 0.343 e. The summed E-state index contributed by atoms with van der Waals surface area (Å²) >= 11 is 17.9. The largest absolute Gasteiger partial charge is 0.460 e. The molecule has 1 saturated carbocycles. The average Bonchev–Trinajstić information content (AvgIpc) is 2.24. The molecule has 2 aliphatic rings. The zero-order valence-corrected chi connectivity index (χ0v) is 9.07. The highest BCUT2D eigenvalue weighted by molar-refractivity contribution is 6.58. The predicted molar refractivity (Wildman–Crippen MR) is 51.3 cm³/mol. The standard InChI is InChI=1S/C8H9Cl3O2/c9-4-2-1-3-5-6(4)8(10,11)7(12)13-5/h4-6H,1-3H2/t4-,5-,6+/m0/s1. The first-order chi connectivity index (χ1) is 6.03. The fourth-order valence-corrected chi connectivity index (χ4v) is 3.36. The number of rotatable bonds is 0. The summed E-state index contributed by atoms with van der Waals surface area (Å²) in [6.07, 6.45) is 2.45. The van der Waals surface area contributed by atoms with Gasteiger partial charge in [0.05, 0.1) is 5.92 Å². The van der Waals surface area contributed by atoms with E-state index in [-0.39, 0.29) is 17.4 Å². The molecule has 2 fully saturated rings. The van der Waals surface area contributed by atoms with Crippen molar-refractivity contribution in [2.45, 2.75) is 35.1 Å². The van der Waals surface area contributed by atoms with Crippen molar-refractivity contribution >= 4 is 40.8 Å². The van der Waals surface area contributed by atoms with Gasteiger partial charge in [-0.05, 0) is 19.3 Å². The Morgan fingerprint density at radius 3 is 2.69 bits per heavy atom. The van der Waals surface area contributed by atoms with Gasteiger partial charge in [0.15, 0.2) is 0 Å². The molecule has 0 N–H and O–H groups in total. The van der Waals surface area contributed by atoms with Crippen molar-refractivity contribution in [2.24, 2.45) is 5.92 Å². The maximum atomic E-state index is 11.3. The quantitative estimate of drug-likeness (QED) is 0.483. The number of fused-ring (bicyclic) bond motifs is 1. The van der Waals surface area contributed by atoms with Crippen molar-refractivity contribution < 1.29 is 9.53 Å². The van der Waals surface area contributed by atoms with Gasteiger partial charge in [-0.3, -0.25) is 0 Å². The van der Waals surface area contributed by atoms with E-state index in [9.17, 15) is 4.79 Å². The van der Waals surface area contributed by atoms with Crippen molar-refractivity contribution in [2.75, 3.05) is 0 Å². The lowest BCUT2D eigenvalue weighted by molar-refractivity contribution is -0.142. The molecule has 0 unspecified atom stereocenters. The van der Waals surface area contributed by atoms with E-state index in [1.807, 2.05) is 0 Å². The minimum atomic E-state index is -1.43. The van der Waals surface area contributed by atoms with Crippen LogP contribution in [0.5, 0.6) is 0 Å². The second kappa shape index (κ2) is 3.18. The van der Waals surface area contributed by atoms with Crippen LogP contribution in [-0.2, 0) is 9.53 Å². The lowest BCUT2D eigenvalue weighted by Gasteiger charge is -2.30. The van der Waals surface area contributed by atoms with E-state index in [0.717, 1.165) is 19.3 Å². The number of carbonyl (C=O) groups is 1. The number of hydrogen-bond acceptors (Lipinski definition) is 2. The van der Waals surface area contributed by atoms with E-state index in [2.05, 4.69) is 0 Å². The van der Waals surface area contributed by atoms with Gasteiger partial charge in [-0.25, -0.2) is 4.79 Å². The van der Waals surface area contributed by atoms with Gasteiger partial charge >= 0.3 is 5.97 Å². The summed E-state index contributed by atoms with van der Waals surface area (Å²) in [6.45, 7) is 0. The summed E-state index contributed by atoms with van der Waals surface area (Å²) in [5.41, 5.74) is 0. The van der Waals surface area contributed by atoms with Crippen molar-refractivity contribution in [3.05, 3.63) is 0 Å². The molecule has 2 rings (SSSR count). The number of hydrogen-bond donors (Lipinski definition) is 0.